The van der Waals surface area contributed by atoms with E-state index >= 15 is 0 Å². The number of hydrogen-bond donors (Lipinski definition) is 1. The SMILES string of the molecule is CCOc1cc(/C=C2\C(=O)NC(=S)N(C)C2=O)cc(Cl)c1OCc1ccc(F)cc1. The molecule has 2 aromatic carbocycles. The molecule has 0 bridgehead atoms. The quantitative estimate of drug-likeness (QED) is 0.414. The molecule has 0 aromatic heterocycles. The molecule has 0 aliphatic carbocycles. The van der Waals surface area contributed by atoms with Gasteiger partial charge in [-0.25, -0.2) is 4.39 Å². The van der Waals surface area contributed by atoms with Crippen molar-refractivity contribution in [1.29, 1.82) is 0 Å². The van der Waals surface area contributed by atoms with E-state index in [1.807, 2.05) is 0 Å². The summed E-state index contributed by atoms with van der Waals surface area (Å²) in [7, 11) is 1.48. The van der Waals surface area contributed by atoms with Crippen molar-refractivity contribution in [3.63, 3.8) is 0 Å². The second-order valence-corrected chi connectivity index (χ2v) is 7.15. The molecule has 30 heavy (non-hydrogen) atoms. The van der Waals surface area contributed by atoms with Crippen molar-refractivity contribution < 1.29 is 23.5 Å². The number of carbonyl (C=O) groups excluding carboxylic acids is 2. The third-order valence-corrected chi connectivity index (χ3v) is 4.90. The van der Waals surface area contributed by atoms with Gasteiger partial charge in [0.25, 0.3) is 11.8 Å². The molecule has 0 unspecified atom stereocenters. The zero-order valence-electron chi connectivity index (χ0n) is 16.2. The van der Waals surface area contributed by atoms with Crippen molar-refractivity contribution in [3.8, 4) is 11.5 Å². The highest BCUT2D eigenvalue weighted by Crippen LogP contribution is 2.38. The lowest BCUT2D eigenvalue weighted by atomic mass is 10.1. The van der Waals surface area contributed by atoms with Gasteiger partial charge in [-0.15, -0.1) is 0 Å². The molecule has 0 saturated carbocycles. The van der Waals surface area contributed by atoms with Crippen LogP contribution in [0.3, 0.4) is 0 Å². The zero-order valence-corrected chi connectivity index (χ0v) is 17.8. The zero-order chi connectivity index (χ0) is 21.8. The number of hydrogen-bond acceptors (Lipinski definition) is 5. The number of likely N-dealkylation sites (N-methyl/N-ethyl adjacent to an activating group) is 1. The van der Waals surface area contributed by atoms with Gasteiger partial charge >= 0.3 is 0 Å². The Morgan fingerprint density at radius 2 is 1.90 bits per heavy atom. The van der Waals surface area contributed by atoms with Crippen molar-refractivity contribution in [3.05, 3.63) is 63.9 Å². The summed E-state index contributed by atoms with van der Waals surface area (Å²) in [5.41, 5.74) is 1.16. The van der Waals surface area contributed by atoms with Crippen molar-refractivity contribution in [2.45, 2.75) is 13.5 Å². The molecule has 1 aliphatic heterocycles. The molecule has 9 heteroatoms. The molecule has 6 nitrogen and oxygen atoms in total. The number of ether oxygens (including phenoxy) is 2. The lowest BCUT2D eigenvalue weighted by molar-refractivity contribution is -0.128. The van der Waals surface area contributed by atoms with Crippen LogP contribution in [-0.2, 0) is 16.2 Å². The fraction of sp³-hybridized carbons (Fsp3) is 0.190. The van der Waals surface area contributed by atoms with Crippen LogP contribution in [0, 0.1) is 5.82 Å². The number of nitrogens with zero attached hydrogens (tertiary/aromatic N) is 1. The summed E-state index contributed by atoms with van der Waals surface area (Å²) in [5, 5.41) is 2.73. The monoisotopic (exact) mass is 448 g/mol. The standard InChI is InChI=1S/C21H18ClFN2O4S/c1-3-28-17-10-13(8-15-19(26)24-21(30)25(2)20(15)27)9-16(22)18(17)29-11-12-4-6-14(23)7-5-12/h4-10H,3,11H2,1-2H3,(H,24,26,30)/b15-8+. The van der Waals surface area contributed by atoms with Crippen LogP contribution >= 0.6 is 23.8 Å². The van der Waals surface area contributed by atoms with Gasteiger partial charge in [0.15, 0.2) is 16.6 Å². The van der Waals surface area contributed by atoms with Gasteiger partial charge in [-0.05, 0) is 60.6 Å². The Kier molecular flexibility index (Phi) is 6.69. The fourth-order valence-corrected chi connectivity index (χ4v) is 3.17. The first kappa shape index (κ1) is 21.7. The van der Waals surface area contributed by atoms with E-state index in [0.29, 0.717) is 23.7 Å². The van der Waals surface area contributed by atoms with Gasteiger partial charge in [0.2, 0.25) is 0 Å². The highest BCUT2D eigenvalue weighted by Gasteiger charge is 2.30. The Labute approximate surface area is 183 Å². The predicted molar refractivity (Wildman–Crippen MR) is 115 cm³/mol. The topological polar surface area (TPSA) is 67.9 Å². The molecule has 0 radical (unpaired) electrons. The van der Waals surface area contributed by atoms with Crippen LogP contribution in [0.4, 0.5) is 4.39 Å². The van der Waals surface area contributed by atoms with E-state index in [2.05, 4.69) is 5.32 Å². The molecular formula is C21H18ClFN2O4S. The number of nitrogens with one attached hydrogen (secondary N) is 1. The van der Waals surface area contributed by atoms with Gasteiger partial charge < -0.3 is 9.47 Å². The summed E-state index contributed by atoms with van der Waals surface area (Å²) in [6, 6.07) is 9.08. The maximum Gasteiger partial charge on any atom is 0.265 e. The Bertz CT molecular complexity index is 1040. The first-order valence-corrected chi connectivity index (χ1v) is 9.77. The van der Waals surface area contributed by atoms with Crippen LogP contribution in [0.2, 0.25) is 5.02 Å². The summed E-state index contributed by atoms with van der Waals surface area (Å²) < 4.78 is 24.5. The van der Waals surface area contributed by atoms with Crippen molar-refractivity contribution in [1.82, 2.24) is 10.2 Å². The summed E-state index contributed by atoms with van der Waals surface area (Å²) >= 11 is 11.3. The summed E-state index contributed by atoms with van der Waals surface area (Å²) in [6.07, 6.45) is 1.41. The van der Waals surface area contributed by atoms with Crippen molar-refractivity contribution in [2.75, 3.05) is 13.7 Å². The number of carbonyl (C=O) groups is 2. The van der Waals surface area contributed by atoms with Gasteiger partial charge in [0.1, 0.15) is 18.0 Å². The first-order chi connectivity index (χ1) is 14.3. The van der Waals surface area contributed by atoms with E-state index in [9.17, 15) is 14.0 Å². The van der Waals surface area contributed by atoms with Gasteiger partial charge in [0, 0.05) is 7.05 Å². The van der Waals surface area contributed by atoms with Gasteiger partial charge in [-0.3, -0.25) is 19.8 Å². The third kappa shape index (κ3) is 4.77. The van der Waals surface area contributed by atoms with E-state index < -0.39 is 11.8 Å². The fourth-order valence-electron chi connectivity index (χ4n) is 2.72. The maximum absolute atomic E-state index is 13.1. The van der Waals surface area contributed by atoms with Crippen LogP contribution in [0.25, 0.3) is 6.08 Å². The third-order valence-electron chi connectivity index (χ3n) is 4.24. The minimum absolute atomic E-state index is 0.0414. The summed E-state index contributed by atoms with van der Waals surface area (Å²) in [5.74, 6) is -0.783. The number of benzene rings is 2. The Hall–Kier alpha value is -2.97. The van der Waals surface area contributed by atoms with Gasteiger partial charge in [0.05, 0.1) is 11.6 Å². The molecule has 0 spiro atoms. The molecule has 1 aliphatic rings. The highest BCUT2D eigenvalue weighted by molar-refractivity contribution is 7.80. The van der Waals surface area contributed by atoms with E-state index in [1.165, 1.54) is 30.2 Å². The van der Waals surface area contributed by atoms with E-state index in [1.54, 1.807) is 31.2 Å². The number of halogens is 2. The largest absolute Gasteiger partial charge is 0.490 e. The molecule has 1 heterocycles. The van der Waals surface area contributed by atoms with Gasteiger partial charge in [-0.2, -0.15) is 0 Å². The Morgan fingerprint density at radius 3 is 2.57 bits per heavy atom. The number of thiocarbonyl (C=S) groups is 1. The lowest BCUT2D eigenvalue weighted by Crippen LogP contribution is -2.52. The van der Waals surface area contributed by atoms with E-state index in [4.69, 9.17) is 33.3 Å². The first-order valence-electron chi connectivity index (χ1n) is 8.98. The average Bonchev–Trinajstić information content (AvgIpc) is 2.70. The van der Waals surface area contributed by atoms with E-state index in [0.717, 1.165) is 5.56 Å². The highest BCUT2D eigenvalue weighted by atomic mass is 35.5. The summed E-state index contributed by atoms with van der Waals surface area (Å²) in [4.78, 5) is 25.7. The van der Waals surface area contributed by atoms with Crippen LogP contribution in [-0.4, -0.2) is 35.5 Å². The summed E-state index contributed by atoms with van der Waals surface area (Å²) in [6.45, 7) is 2.31. The normalized spacial score (nSPS) is 15.4. The second kappa shape index (κ2) is 9.23. The average molecular weight is 449 g/mol. The molecule has 1 N–H and O–H groups in total. The van der Waals surface area contributed by atoms with Crippen LogP contribution in [0.1, 0.15) is 18.1 Å². The van der Waals surface area contributed by atoms with Crippen LogP contribution < -0.4 is 14.8 Å². The van der Waals surface area contributed by atoms with Crippen molar-refractivity contribution >= 4 is 46.8 Å². The molecule has 2 aromatic rings. The van der Waals surface area contributed by atoms with Crippen LogP contribution in [0.5, 0.6) is 11.5 Å². The molecule has 156 valence electrons. The Balaban J connectivity index is 1.90. The molecule has 3 rings (SSSR count). The molecule has 0 atom stereocenters. The molecule has 2 amide bonds. The maximum atomic E-state index is 13.1. The van der Waals surface area contributed by atoms with Crippen LogP contribution in [0.15, 0.2) is 42.0 Å². The minimum Gasteiger partial charge on any atom is -0.490 e. The van der Waals surface area contributed by atoms with E-state index in [-0.39, 0.29) is 28.1 Å². The molecular weight excluding hydrogens is 431 g/mol. The van der Waals surface area contributed by atoms with Crippen molar-refractivity contribution in [2.24, 2.45) is 0 Å². The smallest absolute Gasteiger partial charge is 0.265 e. The minimum atomic E-state index is -0.589. The number of amides is 2. The van der Waals surface area contributed by atoms with Gasteiger partial charge in [-0.1, -0.05) is 23.7 Å². The lowest BCUT2D eigenvalue weighted by Gasteiger charge is -2.25. The molecule has 1 saturated heterocycles. The number of rotatable bonds is 6. The Morgan fingerprint density at radius 1 is 1.20 bits per heavy atom. The molecule has 1 fully saturated rings. The second-order valence-electron chi connectivity index (χ2n) is 6.36. The predicted octanol–water partition coefficient (Wildman–Crippen LogP) is 3.71.